The molecular formula is C29H27N3O5S2. The molecule has 0 saturated carbocycles. The highest BCUT2D eigenvalue weighted by atomic mass is 32.2. The van der Waals surface area contributed by atoms with Crippen LogP contribution in [0.15, 0.2) is 89.8 Å². The minimum atomic E-state index is -3.72. The van der Waals surface area contributed by atoms with E-state index >= 15 is 0 Å². The molecule has 1 aromatic heterocycles. The van der Waals surface area contributed by atoms with E-state index in [-0.39, 0.29) is 34.0 Å². The van der Waals surface area contributed by atoms with Crippen molar-refractivity contribution >= 4 is 38.2 Å². The van der Waals surface area contributed by atoms with Gasteiger partial charge in [-0.3, -0.25) is 14.9 Å². The number of likely N-dealkylation sites (N-methyl/N-ethyl adjacent to an activating group) is 1. The van der Waals surface area contributed by atoms with Crippen molar-refractivity contribution in [1.82, 2.24) is 9.29 Å². The quantitative estimate of drug-likeness (QED) is 0.285. The number of hydrogen-bond acceptors (Lipinski definition) is 7. The van der Waals surface area contributed by atoms with Gasteiger partial charge in [0.2, 0.25) is 15.8 Å². The van der Waals surface area contributed by atoms with Gasteiger partial charge in [-0.25, -0.2) is 13.4 Å². The molecule has 3 aromatic carbocycles. The predicted molar refractivity (Wildman–Crippen MR) is 151 cm³/mol. The lowest BCUT2D eigenvalue weighted by Gasteiger charge is -2.20. The Labute approximate surface area is 231 Å². The number of thiazole rings is 1. The molecule has 1 atom stereocenters. The first kappa shape index (κ1) is 26.9. The third-order valence-electron chi connectivity index (χ3n) is 6.45. The molecule has 1 amide bonds. The average molecular weight is 562 g/mol. The van der Waals surface area contributed by atoms with Crippen molar-refractivity contribution in [3.05, 3.63) is 101 Å². The topological polar surface area (TPSA) is 106 Å². The molecule has 1 unspecified atom stereocenters. The van der Waals surface area contributed by atoms with E-state index in [1.807, 2.05) is 36.4 Å². The number of ether oxygens (including phenoxy) is 1. The summed E-state index contributed by atoms with van der Waals surface area (Å²) in [5.74, 6) is -0.645. The van der Waals surface area contributed by atoms with Gasteiger partial charge in [0.1, 0.15) is 4.88 Å². The molecule has 1 N–H and O–H groups in total. The van der Waals surface area contributed by atoms with Gasteiger partial charge in [-0.2, -0.15) is 4.31 Å². The number of hydrogen-bond donors (Lipinski definition) is 1. The van der Waals surface area contributed by atoms with Crippen molar-refractivity contribution in [2.75, 3.05) is 25.5 Å². The van der Waals surface area contributed by atoms with Crippen molar-refractivity contribution in [1.29, 1.82) is 0 Å². The molecule has 1 fully saturated rings. The first-order valence-corrected chi connectivity index (χ1v) is 14.7. The maximum Gasteiger partial charge on any atom is 0.257 e. The lowest BCUT2D eigenvalue weighted by atomic mass is 10.1. The number of ketones is 1. The third-order valence-corrected chi connectivity index (χ3v) is 9.25. The summed E-state index contributed by atoms with van der Waals surface area (Å²) in [6.45, 7) is 0.929. The van der Waals surface area contributed by atoms with Crippen molar-refractivity contribution in [3.8, 4) is 11.3 Å². The number of rotatable bonds is 9. The van der Waals surface area contributed by atoms with Crippen LogP contribution in [-0.4, -0.2) is 55.7 Å². The predicted octanol–water partition coefficient (Wildman–Crippen LogP) is 5.09. The molecular weight excluding hydrogens is 534 g/mol. The molecule has 0 bridgehead atoms. The van der Waals surface area contributed by atoms with Crippen LogP contribution < -0.4 is 5.32 Å². The van der Waals surface area contributed by atoms with E-state index in [1.165, 1.54) is 35.6 Å². The van der Waals surface area contributed by atoms with Gasteiger partial charge < -0.3 is 4.74 Å². The van der Waals surface area contributed by atoms with E-state index in [1.54, 1.807) is 24.3 Å². The second-order valence-electron chi connectivity index (χ2n) is 9.16. The molecule has 200 valence electrons. The fraction of sp³-hybridized carbons (Fsp3) is 0.207. The fourth-order valence-electron chi connectivity index (χ4n) is 4.34. The maximum absolute atomic E-state index is 13.3. The number of carbonyl (C=O) groups excluding carboxylic acids is 2. The number of anilines is 1. The highest BCUT2D eigenvalue weighted by molar-refractivity contribution is 7.89. The molecule has 8 nitrogen and oxygen atoms in total. The Balaban J connectivity index is 1.35. The summed E-state index contributed by atoms with van der Waals surface area (Å²) in [7, 11) is -2.20. The number of aromatic nitrogens is 1. The van der Waals surface area contributed by atoms with E-state index in [0.29, 0.717) is 22.7 Å². The molecule has 2 heterocycles. The summed E-state index contributed by atoms with van der Waals surface area (Å²) in [6, 6.07) is 24.0. The normalized spacial score (nSPS) is 15.4. The fourth-order valence-corrected chi connectivity index (χ4v) is 6.49. The summed E-state index contributed by atoms with van der Waals surface area (Å²) < 4.78 is 32.8. The van der Waals surface area contributed by atoms with Gasteiger partial charge in [0.05, 0.1) is 16.7 Å². The Morgan fingerprint density at radius 2 is 1.64 bits per heavy atom. The standard InChI is InChI=1S/C29H27N3O5S2/c1-32(19-23-13-8-18-37-23)39(35,36)24-16-14-22(15-17-24)28(34)31-29-30-25(20-9-4-2-5-10-20)27(38-29)26(33)21-11-6-3-7-12-21/h2-7,9-12,14-17,23H,8,13,18-19H2,1H3,(H,30,31,34). The van der Waals surface area contributed by atoms with E-state index in [4.69, 9.17) is 4.74 Å². The Kier molecular flexibility index (Phi) is 7.99. The van der Waals surface area contributed by atoms with Gasteiger partial charge in [-0.05, 0) is 37.1 Å². The smallest absolute Gasteiger partial charge is 0.257 e. The van der Waals surface area contributed by atoms with Crippen molar-refractivity contribution in [3.63, 3.8) is 0 Å². The Morgan fingerprint density at radius 1 is 0.974 bits per heavy atom. The second kappa shape index (κ2) is 11.6. The minimum absolute atomic E-state index is 0.0934. The van der Waals surface area contributed by atoms with Crippen LogP contribution in [-0.2, 0) is 14.8 Å². The molecule has 0 spiro atoms. The zero-order chi connectivity index (χ0) is 27.4. The maximum atomic E-state index is 13.3. The van der Waals surface area contributed by atoms with Gasteiger partial charge in [-0.1, -0.05) is 72.0 Å². The first-order chi connectivity index (χ1) is 18.8. The monoisotopic (exact) mass is 561 g/mol. The van der Waals surface area contributed by atoms with Crippen LogP contribution in [0, 0.1) is 0 Å². The largest absolute Gasteiger partial charge is 0.377 e. The molecule has 1 aliphatic heterocycles. The molecule has 5 rings (SSSR count). The molecule has 4 aromatic rings. The number of amides is 1. The van der Waals surface area contributed by atoms with Crippen LogP contribution in [0.1, 0.15) is 38.4 Å². The summed E-state index contributed by atoms with van der Waals surface area (Å²) in [6.07, 6.45) is 1.66. The molecule has 1 saturated heterocycles. The SMILES string of the molecule is CN(CC1CCCO1)S(=O)(=O)c1ccc(C(=O)Nc2nc(-c3ccccc3)c(C(=O)c3ccccc3)s2)cc1. The van der Waals surface area contributed by atoms with E-state index < -0.39 is 15.9 Å². The summed E-state index contributed by atoms with van der Waals surface area (Å²) >= 11 is 1.10. The van der Waals surface area contributed by atoms with Crippen LogP contribution in [0.25, 0.3) is 11.3 Å². The van der Waals surface area contributed by atoms with E-state index in [0.717, 1.165) is 29.7 Å². The van der Waals surface area contributed by atoms with Crippen molar-refractivity contribution in [2.24, 2.45) is 0 Å². The van der Waals surface area contributed by atoms with Gasteiger partial charge in [0.15, 0.2) is 5.13 Å². The highest BCUT2D eigenvalue weighted by Crippen LogP contribution is 2.33. The molecule has 10 heteroatoms. The van der Waals surface area contributed by atoms with Crippen LogP contribution in [0.3, 0.4) is 0 Å². The van der Waals surface area contributed by atoms with Gasteiger partial charge in [0, 0.05) is 36.9 Å². The van der Waals surface area contributed by atoms with Crippen LogP contribution in [0.4, 0.5) is 5.13 Å². The van der Waals surface area contributed by atoms with Gasteiger partial charge in [-0.15, -0.1) is 0 Å². The Hall–Kier alpha value is -3.70. The van der Waals surface area contributed by atoms with Crippen LogP contribution in [0.5, 0.6) is 0 Å². The lowest BCUT2D eigenvalue weighted by Crippen LogP contribution is -2.34. The molecule has 39 heavy (non-hydrogen) atoms. The summed E-state index contributed by atoms with van der Waals surface area (Å²) in [5, 5.41) is 3.03. The molecule has 0 aliphatic carbocycles. The van der Waals surface area contributed by atoms with Crippen molar-refractivity contribution in [2.45, 2.75) is 23.8 Å². The number of nitrogens with zero attached hydrogens (tertiary/aromatic N) is 2. The van der Waals surface area contributed by atoms with Crippen LogP contribution >= 0.6 is 11.3 Å². The molecule has 0 radical (unpaired) electrons. The first-order valence-electron chi connectivity index (χ1n) is 12.5. The number of nitrogens with one attached hydrogen (secondary N) is 1. The van der Waals surface area contributed by atoms with E-state index in [9.17, 15) is 18.0 Å². The number of benzene rings is 3. The van der Waals surface area contributed by atoms with Crippen molar-refractivity contribution < 1.29 is 22.7 Å². The second-order valence-corrected chi connectivity index (χ2v) is 12.2. The van der Waals surface area contributed by atoms with E-state index in [2.05, 4.69) is 10.3 Å². The highest BCUT2D eigenvalue weighted by Gasteiger charge is 2.27. The third kappa shape index (κ3) is 5.99. The number of carbonyl (C=O) groups is 2. The summed E-state index contributed by atoms with van der Waals surface area (Å²) in [5.41, 5.74) is 2.04. The summed E-state index contributed by atoms with van der Waals surface area (Å²) in [4.78, 5) is 31.4. The number of sulfonamides is 1. The zero-order valence-corrected chi connectivity index (χ0v) is 22.9. The zero-order valence-electron chi connectivity index (χ0n) is 21.2. The average Bonchev–Trinajstić information content (AvgIpc) is 3.64. The van der Waals surface area contributed by atoms with Gasteiger partial charge >= 0.3 is 0 Å². The minimum Gasteiger partial charge on any atom is -0.377 e. The van der Waals surface area contributed by atoms with Gasteiger partial charge in [0.25, 0.3) is 5.91 Å². The Morgan fingerprint density at radius 3 is 2.28 bits per heavy atom. The lowest BCUT2D eigenvalue weighted by molar-refractivity contribution is 0.0979. The Bertz CT molecular complexity index is 1560. The van der Waals surface area contributed by atoms with Crippen LogP contribution in [0.2, 0.25) is 0 Å². The molecule has 1 aliphatic rings.